The smallest absolute Gasteiger partial charge is 0.161 e. The van der Waals surface area contributed by atoms with Gasteiger partial charge in [-0.1, -0.05) is 13.0 Å². The Morgan fingerprint density at radius 3 is 2.80 bits per heavy atom. The van der Waals surface area contributed by atoms with Crippen LogP contribution in [-0.4, -0.2) is 18.5 Å². The molecule has 3 nitrogen and oxygen atoms in total. The summed E-state index contributed by atoms with van der Waals surface area (Å²) in [6.45, 7) is 1.91. The number of aromatic hydroxyl groups is 1. The van der Waals surface area contributed by atoms with Crippen molar-refractivity contribution in [3.63, 3.8) is 0 Å². The normalized spacial score (nSPS) is 11.2. The minimum Gasteiger partial charge on any atom is -0.504 e. The monoisotopic (exact) mass is 206 g/mol. The molecule has 0 saturated heterocycles. The molecule has 0 spiro atoms. The van der Waals surface area contributed by atoms with E-state index in [0.717, 1.165) is 11.8 Å². The molecule has 0 bridgehead atoms. The zero-order chi connectivity index (χ0) is 11.3. The number of ether oxygens (including phenoxy) is 1. The lowest BCUT2D eigenvalue weighted by Gasteiger charge is -2.04. The molecular weight excluding hydrogens is 192 g/mol. The van der Waals surface area contributed by atoms with E-state index in [1.165, 1.54) is 7.11 Å². The Morgan fingerprint density at radius 2 is 2.27 bits per heavy atom. The van der Waals surface area contributed by atoms with Crippen molar-refractivity contribution in [2.75, 3.05) is 7.11 Å². The molecular formula is C12H14O3. The molecule has 3 heteroatoms. The molecule has 15 heavy (non-hydrogen) atoms. The van der Waals surface area contributed by atoms with Crippen molar-refractivity contribution in [2.45, 2.75) is 13.3 Å². The summed E-state index contributed by atoms with van der Waals surface area (Å²) in [6.07, 6.45) is 3.29. The van der Waals surface area contributed by atoms with Crippen molar-refractivity contribution in [1.29, 1.82) is 0 Å². The van der Waals surface area contributed by atoms with Gasteiger partial charge in [-0.15, -0.1) is 0 Å². The van der Waals surface area contributed by atoms with Gasteiger partial charge in [-0.05, 0) is 35.8 Å². The quantitative estimate of drug-likeness (QED) is 0.607. The van der Waals surface area contributed by atoms with Gasteiger partial charge in [0.15, 0.2) is 11.5 Å². The Morgan fingerprint density at radius 1 is 1.53 bits per heavy atom. The maximum atomic E-state index is 10.6. The van der Waals surface area contributed by atoms with Gasteiger partial charge in [0.25, 0.3) is 0 Å². The molecule has 0 atom stereocenters. The van der Waals surface area contributed by atoms with Gasteiger partial charge in [-0.3, -0.25) is 4.79 Å². The number of hydrogen-bond acceptors (Lipinski definition) is 3. The number of allylic oxidation sites excluding steroid dienone is 1. The van der Waals surface area contributed by atoms with Gasteiger partial charge in [0.2, 0.25) is 0 Å². The molecule has 1 N–H and O–H groups in total. The number of methoxy groups -OCH3 is 1. The summed E-state index contributed by atoms with van der Waals surface area (Å²) in [6, 6.07) is 4.97. The second kappa shape index (κ2) is 5.20. The first-order chi connectivity index (χ1) is 7.21. The summed E-state index contributed by atoms with van der Waals surface area (Å²) in [5, 5.41) is 9.37. The van der Waals surface area contributed by atoms with Gasteiger partial charge >= 0.3 is 0 Å². The molecule has 80 valence electrons. The van der Waals surface area contributed by atoms with Gasteiger partial charge < -0.3 is 9.84 Å². The third kappa shape index (κ3) is 2.84. The molecule has 0 aliphatic rings. The zero-order valence-electron chi connectivity index (χ0n) is 8.86. The van der Waals surface area contributed by atoms with E-state index in [4.69, 9.17) is 4.74 Å². The molecule has 1 rings (SSSR count). The molecule has 0 aliphatic heterocycles. The number of carbonyl (C=O) groups is 1. The molecule has 0 saturated carbocycles. The molecule has 0 heterocycles. The van der Waals surface area contributed by atoms with Gasteiger partial charge in [-0.2, -0.15) is 0 Å². The highest BCUT2D eigenvalue weighted by atomic mass is 16.5. The predicted octanol–water partition coefficient (Wildman–Crippen LogP) is 2.39. The fourth-order valence-electron chi connectivity index (χ4n) is 1.22. The fourth-order valence-corrected chi connectivity index (χ4v) is 1.22. The van der Waals surface area contributed by atoms with Crippen LogP contribution >= 0.6 is 0 Å². The van der Waals surface area contributed by atoms with E-state index in [-0.39, 0.29) is 5.75 Å². The molecule has 0 unspecified atom stereocenters. The summed E-state index contributed by atoms with van der Waals surface area (Å²) >= 11 is 0. The van der Waals surface area contributed by atoms with Gasteiger partial charge in [0.05, 0.1) is 7.11 Å². The largest absolute Gasteiger partial charge is 0.504 e. The van der Waals surface area contributed by atoms with E-state index in [0.29, 0.717) is 17.7 Å². The van der Waals surface area contributed by atoms with E-state index in [1.807, 2.05) is 6.92 Å². The lowest BCUT2D eigenvalue weighted by molar-refractivity contribution is -0.104. The van der Waals surface area contributed by atoms with E-state index in [2.05, 4.69) is 0 Å². The predicted molar refractivity (Wildman–Crippen MR) is 59.0 cm³/mol. The first kappa shape index (κ1) is 11.3. The van der Waals surface area contributed by atoms with Crippen molar-refractivity contribution >= 4 is 12.4 Å². The molecule has 1 aromatic rings. The van der Waals surface area contributed by atoms with Crippen LogP contribution in [0.2, 0.25) is 0 Å². The lowest BCUT2D eigenvalue weighted by atomic mass is 10.1. The van der Waals surface area contributed by atoms with Crippen LogP contribution in [0.25, 0.3) is 6.08 Å². The van der Waals surface area contributed by atoms with Gasteiger partial charge in [0, 0.05) is 0 Å². The number of hydrogen-bond donors (Lipinski definition) is 1. The summed E-state index contributed by atoms with van der Waals surface area (Å²) < 4.78 is 4.97. The summed E-state index contributed by atoms with van der Waals surface area (Å²) in [7, 11) is 1.49. The highest BCUT2D eigenvalue weighted by Gasteiger charge is 2.01. The van der Waals surface area contributed by atoms with E-state index < -0.39 is 0 Å². The number of phenols is 1. The Bertz CT molecular complexity index is 380. The maximum Gasteiger partial charge on any atom is 0.161 e. The average molecular weight is 206 g/mol. The second-order valence-electron chi connectivity index (χ2n) is 3.12. The minimum atomic E-state index is 0.0961. The van der Waals surface area contributed by atoms with Crippen LogP contribution in [0.1, 0.15) is 18.9 Å². The van der Waals surface area contributed by atoms with Crippen molar-refractivity contribution in [3.8, 4) is 11.5 Å². The SMILES string of the molecule is CC/C(C=O)=C\c1ccc(O)c(OC)c1. The summed E-state index contributed by atoms with van der Waals surface area (Å²) in [5.41, 5.74) is 1.55. The Labute approximate surface area is 89.0 Å². The molecule has 0 aromatic heterocycles. The Balaban J connectivity index is 3.06. The third-order valence-corrected chi connectivity index (χ3v) is 2.12. The number of phenolic OH excluding ortho intramolecular Hbond substituents is 1. The molecule has 1 aromatic carbocycles. The number of aldehydes is 1. The number of benzene rings is 1. The summed E-state index contributed by atoms with van der Waals surface area (Å²) in [4.78, 5) is 10.6. The summed E-state index contributed by atoms with van der Waals surface area (Å²) in [5.74, 6) is 0.504. The van der Waals surface area contributed by atoms with E-state index in [1.54, 1.807) is 24.3 Å². The van der Waals surface area contributed by atoms with Gasteiger partial charge in [-0.25, -0.2) is 0 Å². The topological polar surface area (TPSA) is 46.5 Å². The van der Waals surface area contributed by atoms with E-state index >= 15 is 0 Å². The van der Waals surface area contributed by atoms with Crippen molar-refractivity contribution in [2.24, 2.45) is 0 Å². The van der Waals surface area contributed by atoms with Crippen molar-refractivity contribution in [1.82, 2.24) is 0 Å². The molecule has 0 radical (unpaired) electrons. The van der Waals surface area contributed by atoms with E-state index in [9.17, 15) is 9.90 Å². The average Bonchev–Trinajstić information content (AvgIpc) is 2.28. The van der Waals surface area contributed by atoms with Crippen molar-refractivity contribution in [3.05, 3.63) is 29.3 Å². The first-order valence-corrected chi connectivity index (χ1v) is 4.74. The Kier molecular flexibility index (Phi) is 3.92. The molecule has 0 fully saturated rings. The van der Waals surface area contributed by atoms with Crippen LogP contribution in [0, 0.1) is 0 Å². The number of rotatable bonds is 4. The van der Waals surface area contributed by atoms with Crippen LogP contribution in [0.15, 0.2) is 23.8 Å². The van der Waals surface area contributed by atoms with Crippen LogP contribution < -0.4 is 4.74 Å². The van der Waals surface area contributed by atoms with Crippen LogP contribution in [0.5, 0.6) is 11.5 Å². The zero-order valence-corrected chi connectivity index (χ0v) is 8.86. The van der Waals surface area contributed by atoms with Crippen LogP contribution in [0.4, 0.5) is 0 Å². The highest BCUT2D eigenvalue weighted by Crippen LogP contribution is 2.27. The maximum absolute atomic E-state index is 10.6. The standard InChI is InChI=1S/C12H14O3/c1-3-9(8-13)6-10-4-5-11(14)12(7-10)15-2/h4-8,14H,3H2,1-2H3/b9-6+. The lowest BCUT2D eigenvalue weighted by Crippen LogP contribution is -1.86. The minimum absolute atomic E-state index is 0.0961. The molecule has 0 aliphatic carbocycles. The molecule has 0 amide bonds. The van der Waals surface area contributed by atoms with Crippen molar-refractivity contribution < 1.29 is 14.6 Å². The van der Waals surface area contributed by atoms with Crippen LogP contribution in [-0.2, 0) is 4.79 Å². The van der Waals surface area contributed by atoms with Crippen LogP contribution in [0.3, 0.4) is 0 Å². The fraction of sp³-hybridized carbons (Fsp3) is 0.250. The number of carbonyl (C=O) groups excluding carboxylic acids is 1. The second-order valence-corrected chi connectivity index (χ2v) is 3.12. The Hall–Kier alpha value is -1.77. The van der Waals surface area contributed by atoms with Gasteiger partial charge in [0.1, 0.15) is 6.29 Å². The highest BCUT2D eigenvalue weighted by molar-refractivity contribution is 5.81. The first-order valence-electron chi connectivity index (χ1n) is 4.74. The third-order valence-electron chi connectivity index (χ3n) is 2.12.